The molecular formula is C18H19ClN2O2S. The van der Waals surface area contributed by atoms with Gasteiger partial charge in [0.1, 0.15) is 5.75 Å². The van der Waals surface area contributed by atoms with E-state index in [2.05, 4.69) is 10.5 Å². The molecule has 1 N–H and O–H groups in total. The molecule has 0 bridgehead atoms. The number of aryl methyl sites for hydroxylation is 1. The van der Waals surface area contributed by atoms with Gasteiger partial charge in [-0.25, -0.2) is 5.43 Å². The highest BCUT2D eigenvalue weighted by atomic mass is 35.5. The lowest BCUT2D eigenvalue weighted by Gasteiger charge is -2.14. The van der Waals surface area contributed by atoms with Crippen molar-refractivity contribution in [1.82, 2.24) is 5.43 Å². The van der Waals surface area contributed by atoms with Crippen molar-refractivity contribution in [2.45, 2.75) is 24.8 Å². The first-order chi connectivity index (χ1) is 11.5. The van der Waals surface area contributed by atoms with Crippen molar-refractivity contribution in [1.29, 1.82) is 0 Å². The Kier molecular flexibility index (Phi) is 6.70. The fraction of sp³-hybridized carbons (Fsp3) is 0.222. The molecule has 2 aromatic carbocycles. The smallest absolute Gasteiger partial charge is 0.280 e. The van der Waals surface area contributed by atoms with Gasteiger partial charge in [0.2, 0.25) is 0 Å². The largest absolute Gasteiger partial charge is 0.481 e. The average Bonchev–Trinajstić information content (AvgIpc) is 2.57. The summed E-state index contributed by atoms with van der Waals surface area (Å²) >= 11 is 7.58. The molecule has 0 saturated carbocycles. The minimum atomic E-state index is -0.666. The van der Waals surface area contributed by atoms with Crippen LogP contribution in [-0.2, 0) is 4.79 Å². The molecule has 1 unspecified atom stereocenters. The number of carbonyl (C=O) groups is 1. The second kappa shape index (κ2) is 8.76. The molecule has 1 amide bonds. The molecule has 2 aromatic rings. The van der Waals surface area contributed by atoms with Gasteiger partial charge in [-0.2, -0.15) is 5.10 Å². The standard InChI is InChI=1S/C18H19ClN2O2S/c1-12-10-15(19)6-9-17(12)23-13(2)18(22)21-20-11-14-4-7-16(24-3)8-5-14/h4-11,13H,1-3H3,(H,21,22). The van der Waals surface area contributed by atoms with Gasteiger partial charge in [0.25, 0.3) is 5.91 Å². The van der Waals surface area contributed by atoms with Crippen LogP contribution in [0.3, 0.4) is 0 Å². The summed E-state index contributed by atoms with van der Waals surface area (Å²) in [7, 11) is 0. The zero-order chi connectivity index (χ0) is 17.5. The summed E-state index contributed by atoms with van der Waals surface area (Å²) in [5, 5.41) is 4.60. The molecule has 0 aliphatic rings. The highest BCUT2D eigenvalue weighted by Crippen LogP contribution is 2.22. The fourth-order valence-corrected chi connectivity index (χ4v) is 2.58. The van der Waals surface area contributed by atoms with E-state index in [1.807, 2.05) is 37.4 Å². The quantitative estimate of drug-likeness (QED) is 0.474. The van der Waals surface area contributed by atoms with E-state index in [1.165, 1.54) is 4.90 Å². The summed E-state index contributed by atoms with van der Waals surface area (Å²) in [6, 6.07) is 13.2. The number of hydrogen-bond donors (Lipinski definition) is 1. The van der Waals surface area contributed by atoms with E-state index in [9.17, 15) is 4.79 Å². The molecule has 4 nitrogen and oxygen atoms in total. The van der Waals surface area contributed by atoms with Gasteiger partial charge in [0.15, 0.2) is 6.10 Å². The van der Waals surface area contributed by atoms with Gasteiger partial charge in [0.05, 0.1) is 6.21 Å². The second-order valence-corrected chi connectivity index (χ2v) is 6.49. The molecule has 0 radical (unpaired) electrons. The number of carbonyl (C=O) groups excluding carboxylic acids is 1. The molecular weight excluding hydrogens is 344 g/mol. The molecule has 0 fully saturated rings. The van der Waals surface area contributed by atoms with Crippen LogP contribution in [0.2, 0.25) is 5.02 Å². The summed E-state index contributed by atoms with van der Waals surface area (Å²) < 4.78 is 5.65. The summed E-state index contributed by atoms with van der Waals surface area (Å²) in [5.74, 6) is 0.306. The molecule has 0 aromatic heterocycles. The summed E-state index contributed by atoms with van der Waals surface area (Å²) in [4.78, 5) is 13.2. The van der Waals surface area contributed by atoms with Gasteiger partial charge in [-0.3, -0.25) is 4.79 Å². The molecule has 126 valence electrons. The van der Waals surface area contributed by atoms with Crippen LogP contribution < -0.4 is 10.2 Å². The van der Waals surface area contributed by atoms with Crippen LogP contribution in [0.4, 0.5) is 0 Å². The number of hydrazone groups is 1. The third-order valence-corrected chi connectivity index (χ3v) is 4.29. The molecule has 0 saturated heterocycles. The number of nitrogens with one attached hydrogen (secondary N) is 1. The van der Waals surface area contributed by atoms with Gasteiger partial charge in [-0.15, -0.1) is 11.8 Å². The molecule has 0 heterocycles. The van der Waals surface area contributed by atoms with E-state index in [0.29, 0.717) is 10.8 Å². The third kappa shape index (κ3) is 5.28. The Bertz CT molecular complexity index is 732. The van der Waals surface area contributed by atoms with Crippen molar-refractivity contribution < 1.29 is 9.53 Å². The van der Waals surface area contributed by atoms with Crippen molar-refractivity contribution in [3.05, 3.63) is 58.6 Å². The normalized spacial score (nSPS) is 12.2. The minimum absolute atomic E-state index is 0.318. The van der Waals surface area contributed by atoms with Crippen LogP contribution in [-0.4, -0.2) is 24.5 Å². The summed E-state index contributed by atoms with van der Waals surface area (Å²) in [6.45, 7) is 3.55. The highest BCUT2D eigenvalue weighted by Gasteiger charge is 2.15. The van der Waals surface area contributed by atoms with Gasteiger partial charge in [-0.1, -0.05) is 23.7 Å². The lowest BCUT2D eigenvalue weighted by molar-refractivity contribution is -0.127. The molecule has 0 aliphatic heterocycles. The van der Waals surface area contributed by atoms with Crippen LogP contribution >= 0.6 is 23.4 Å². The number of amides is 1. The van der Waals surface area contributed by atoms with Crippen molar-refractivity contribution in [2.24, 2.45) is 5.10 Å². The maximum absolute atomic E-state index is 12.0. The summed E-state index contributed by atoms with van der Waals surface area (Å²) in [5.41, 5.74) is 4.27. The molecule has 0 aliphatic carbocycles. The Morgan fingerprint density at radius 2 is 2.00 bits per heavy atom. The first kappa shape index (κ1) is 18.4. The van der Waals surface area contributed by atoms with E-state index in [0.717, 1.165) is 11.1 Å². The Balaban J connectivity index is 1.89. The van der Waals surface area contributed by atoms with Crippen molar-refractivity contribution in [3.8, 4) is 5.75 Å². The van der Waals surface area contributed by atoms with Crippen LogP contribution in [0.5, 0.6) is 5.75 Å². The maximum atomic E-state index is 12.0. The Hall–Kier alpha value is -1.98. The molecule has 0 spiro atoms. The van der Waals surface area contributed by atoms with Crippen LogP contribution in [0.15, 0.2) is 52.5 Å². The van der Waals surface area contributed by atoms with E-state index < -0.39 is 6.10 Å². The molecule has 6 heteroatoms. The average molecular weight is 363 g/mol. The van der Waals surface area contributed by atoms with Crippen molar-refractivity contribution in [2.75, 3.05) is 6.26 Å². The predicted octanol–water partition coefficient (Wildman–Crippen LogP) is 4.29. The number of benzene rings is 2. The Morgan fingerprint density at radius 3 is 2.62 bits per heavy atom. The van der Waals surface area contributed by atoms with E-state index in [4.69, 9.17) is 16.3 Å². The SMILES string of the molecule is CSc1ccc(C=NNC(=O)C(C)Oc2ccc(Cl)cc2C)cc1. The van der Waals surface area contributed by atoms with Crippen molar-refractivity contribution >= 4 is 35.5 Å². The van der Waals surface area contributed by atoms with Gasteiger partial charge in [0, 0.05) is 9.92 Å². The number of nitrogens with zero attached hydrogens (tertiary/aromatic N) is 1. The van der Waals surface area contributed by atoms with E-state index >= 15 is 0 Å². The lowest BCUT2D eigenvalue weighted by Crippen LogP contribution is -2.33. The topological polar surface area (TPSA) is 50.7 Å². The molecule has 2 rings (SSSR count). The Morgan fingerprint density at radius 1 is 1.29 bits per heavy atom. The van der Waals surface area contributed by atoms with Crippen LogP contribution in [0.25, 0.3) is 0 Å². The van der Waals surface area contributed by atoms with E-state index in [1.54, 1.807) is 43.1 Å². The van der Waals surface area contributed by atoms with Gasteiger partial charge >= 0.3 is 0 Å². The van der Waals surface area contributed by atoms with Gasteiger partial charge in [-0.05, 0) is 61.6 Å². The number of thioether (sulfide) groups is 1. The number of ether oxygens (including phenoxy) is 1. The number of rotatable bonds is 6. The zero-order valence-corrected chi connectivity index (χ0v) is 15.3. The fourth-order valence-electron chi connectivity index (χ4n) is 1.94. The minimum Gasteiger partial charge on any atom is -0.481 e. The summed E-state index contributed by atoms with van der Waals surface area (Å²) in [6.07, 6.45) is 2.95. The third-order valence-electron chi connectivity index (χ3n) is 3.31. The lowest BCUT2D eigenvalue weighted by atomic mass is 10.2. The zero-order valence-electron chi connectivity index (χ0n) is 13.7. The van der Waals surface area contributed by atoms with Gasteiger partial charge < -0.3 is 4.74 Å². The first-order valence-corrected chi connectivity index (χ1v) is 8.99. The van der Waals surface area contributed by atoms with E-state index in [-0.39, 0.29) is 5.91 Å². The predicted molar refractivity (Wildman–Crippen MR) is 100 cm³/mol. The number of halogens is 1. The maximum Gasteiger partial charge on any atom is 0.280 e. The first-order valence-electron chi connectivity index (χ1n) is 7.39. The Labute approximate surface area is 151 Å². The monoisotopic (exact) mass is 362 g/mol. The second-order valence-electron chi connectivity index (χ2n) is 5.18. The number of hydrogen-bond acceptors (Lipinski definition) is 4. The van der Waals surface area contributed by atoms with Crippen molar-refractivity contribution in [3.63, 3.8) is 0 Å². The van der Waals surface area contributed by atoms with Crippen LogP contribution in [0, 0.1) is 6.92 Å². The molecule has 24 heavy (non-hydrogen) atoms. The van der Waals surface area contributed by atoms with Crippen LogP contribution in [0.1, 0.15) is 18.1 Å². The molecule has 1 atom stereocenters. The highest BCUT2D eigenvalue weighted by molar-refractivity contribution is 7.98.